The molecular formula is C25H28ClN3O2. The number of carbonyl (C=O) groups excluding carboxylic acids is 2. The molecule has 2 heterocycles. The first-order chi connectivity index (χ1) is 15.0. The van der Waals surface area contributed by atoms with Crippen LogP contribution < -0.4 is 10.2 Å². The highest BCUT2D eigenvalue weighted by atomic mass is 35.5. The van der Waals surface area contributed by atoms with E-state index in [0.717, 1.165) is 38.0 Å². The van der Waals surface area contributed by atoms with Crippen LogP contribution in [0.15, 0.2) is 54.6 Å². The molecule has 2 aromatic rings. The summed E-state index contributed by atoms with van der Waals surface area (Å²) in [5, 5.41) is 3.82. The Morgan fingerprint density at radius 2 is 1.81 bits per heavy atom. The maximum Gasteiger partial charge on any atom is 0.227 e. The second-order valence-corrected chi connectivity index (χ2v) is 9.79. The molecule has 5 rings (SSSR count). The van der Waals surface area contributed by atoms with E-state index in [4.69, 9.17) is 11.6 Å². The zero-order valence-corrected chi connectivity index (χ0v) is 18.4. The molecule has 31 heavy (non-hydrogen) atoms. The zero-order chi connectivity index (χ0) is 21.4. The van der Waals surface area contributed by atoms with Gasteiger partial charge in [-0.15, -0.1) is 0 Å². The van der Waals surface area contributed by atoms with Gasteiger partial charge in [-0.05, 0) is 42.7 Å². The number of benzene rings is 2. The molecule has 1 spiro atoms. The van der Waals surface area contributed by atoms with E-state index in [9.17, 15) is 9.59 Å². The van der Waals surface area contributed by atoms with Crippen molar-refractivity contribution in [2.45, 2.75) is 19.3 Å². The van der Waals surface area contributed by atoms with Gasteiger partial charge in [-0.3, -0.25) is 9.59 Å². The molecule has 1 unspecified atom stereocenters. The van der Waals surface area contributed by atoms with Crippen molar-refractivity contribution in [1.82, 2.24) is 10.2 Å². The third-order valence-electron chi connectivity index (χ3n) is 7.01. The first kappa shape index (κ1) is 20.4. The molecule has 1 aliphatic carbocycles. The molecule has 2 amide bonds. The van der Waals surface area contributed by atoms with Gasteiger partial charge in [0, 0.05) is 60.7 Å². The van der Waals surface area contributed by atoms with Crippen LogP contribution in [0.2, 0.25) is 5.02 Å². The van der Waals surface area contributed by atoms with E-state index in [0.29, 0.717) is 24.5 Å². The second-order valence-electron chi connectivity index (χ2n) is 9.35. The molecule has 2 aromatic carbocycles. The molecule has 1 N–H and O–H groups in total. The Bertz CT molecular complexity index is 970. The topological polar surface area (TPSA) is 52.7 Å². The van der Waals surface area contributed by atoms with Gasteiger partial charge in [0.25, 0.3) is 0 Å². The quantitative estimate of drug-likeness (QED) is 0.753. The van der Waals surface area contributed by atoms with E-state index in [-0.39, 0.29) is 29.1 Å². The number of para-hydroxylation sites is 1. The van der Waals surface area contributed by atoms with Gasteiger partial charge in [0.1, 0.15) is 0 Å². The molecule has 1 atom stereocenters. The van der Waals surface area contributed by atoms with Crippen molar-refractivity contribution >= 4 is 29.1 Å². The van der Waals surface area contributed by atoms with E-state index < -0.39 is 0 Å². The van der Waals surface area contributed by atoms with Gasteiger partial charge in [0.05, 0.1) is 6.42 Å². The van der Waals surface area contributed by atoms with E-state index in [2.05, 4.69) is 34.5 Å². The normalized spacial score (nSPS) is 21.8. The van der Waals surface area contributed by atoms with Gasteiger partial charge in [0.2, 0.25) is 11.8 Å². The number of hydrogen-bond donors (Lipinski definition) is 1. The third kappa shape index (κ3) is 4.29. The van der Waals surface area contributed by atoms with Crippen LogP contribution in [0.1, 0.15) is 18.4 Å². The fourth-order valence-electron chi connectivity index (χ4n) is 5.04. The number of nitrogens with zero attached hydrogens (tertiary/aromatic N) is 2. The van der Waals surface area contributed by atoms with Gasteiger partial charge in [-0.2, -0.15) is 0 Å². The number of halogens is 1. The monoisotopic (exact) mass is 437 g/mol. The average Bonchev–Trinajstić information content (AvgIpc) is 3.52. The molecule has 162 valence electrons. The van der Waals surface area contributed by atoms with Crippen LogP contribution in [-0.4, -0.2) is 49.4 Å². The summed E-state index contributed by atoms with van der Waals surface area (Å²) in [4.78, 5) is 29.7. The van der Waals surface area contributed by atoms with Crippen molar-refractivity contribution in [3.05, 3.63) is 65.2 Å². The van der Waals surface area contributed by atoms with Crippen LogP contribution in [0, 0.1) is 17.3 Å². The van der Waals surface area contributed by atoms with E-state index in [1.165, 1.54) is 5.69 Å². The van der Waals surface area contributed by atoms with Crippen LogP contribution >= 0.6 is 11.6 Å². The maximum atomic E-state index is 13.1. The Morgan fingerprint density at radius 3 is 2.52 bits per heavy atom. The van der Waals surface area contributed by atoms with Crippen molar-refractivity contribution in [2.24, 2.45) is 17.3 Å². The van der Waals surface area contributed by atoms with Gasteiger partial charge < -0.3 is 15.1 Å². The molecule has 1 saturated carbocycles. The molecule has 3 fully saturated rings. The molecule has 5 nitrogen and oxygen atoms in total. The lowest BCUT2D eigenvalue weighted by Crippen LogP contribution is -2.62. The number of likely N-dealkylation sites (tertiary alicyclic amines) is 1. The number of amides is 2. The molecule has 3 aliphatic rings. The van der Waals surface area contributed by atoms with E-state index >= 15 is 0 Å². The fourth-order valence-corrected chi connectivity index (χ4v) is 5.26. The Morgan fingerprint density at radius 1 is 1.03 bits per heavy atom. The van der Waals surface area contributed by atoms with Gasteiger partial charge in [-0.1, -0.05) is 41.9 Å². The maximum absolute atomic E-state index is 13.1. The minimum atomic E-state index is 0.0384. The number of hydrogen-bond acceptors (Lipinski definition) is 3. The van der Waals surface area contributed by atoms with Crippen LogP contribution in [0.5, 0.6) is 0 Å². The van der Waals surface area contributed by atoms with Crippen LogP contribution in [0.4, 0.5) is 5.69 Å². The highest BCUT2D eigenvalue weighted by Crippen LogP contribution is 2.45. The number of anilines is 1. The van der Waals surface area contributed by atoms with Crippen molar-refractivity contribution in [3.63, 3.8) is 0 Å². The summed E-state index contributed by atoms with van der Waals surface area (Å²) in [6.07, 6.45) is 2.38. The first-order valence-electron chi connectivity index (χ1n) is 11.1. The highest BCUT2D eigenvalue weighted by molar-refractivity contribution is 6.30. The van der Waals surface area contributed by atoms with Crippen molar-refractivity contribution in [1.29, 1.82) is 0 Å². The fraction of sp³-hybridized carbons (Fsp3) is 0.440. The molecule has 0 bridgehead atoms. The van der Waals surface area contributed by atoms with Crippen LogP contribution in [0.25, 0.3) is 0 Å². The van der Waals surface area contributed by atoms with Crippen molar-refractivity contribution < 1.29 is 9.59 Å². The zero-order valence-electron chi connectivity index (χ0n) is 17.6. The number of nitrogens with one attached hydrogen (secondary N) is 1. The minimum absolute atomic E-state index is 0.0384. The minimum Gasteiger partial charge on any atom is -0.370 e. The van der Waals surface area contributed by atoms with Gasteiger partial charge in [-0.25, -0.2) is 0 Å². The van der Waals surface area contributed by atoms with E-state index in [1.807, 2.05) is 35.2 Å². The lowest BCUT2D eigenvalue weighted by Gasteiger charge is -2.52. The number of carbonyl (C=O) groups is 2. The Labute approximate surface area is 188 Å². The summed E-state index contributed by atoms with van der Waals surface area (Å²) in [7, 11) is 0. The molecular weight excluding hydrogens is 410 g/mol. The molecule has 2 saturated heterocycles. The molecule has 2 aliphatic heterocycles. The van der Waals surface area contributed by atoms with Crippen molar-refractivity contribution in [2.75, 3.05) is 37.6 Å². The molecule has 0 aromatic heterocycles. The standard InChI is InChI=1S/C25H28ClN3O2/c26-21-6-4-5-18(11-21)12-23(30)28-14-20(13-27-24(31)19-9-10-19)25(15-28)16-29(17-25)22-7-2-1-3-8-22/h1-8,11,19-20H,9-10,12-17H2,(H,27,31). The third-order valence-corrected chi connectivity index (χ3v) is 7.25. The Kier molecular flexibility index (Phi) is 5.39. The van der Waals surface area contributed by atoms with Crippen LogP contribution in [0.3, 0.4) is 0 Å². The van der Waals surface area contributed by atoms with Gasteiger partial charge >= 0.3 is 0 Å². The lowest BCUT2D eigenvalue weighted by atomic mass is 9.71. The Balaban J connectivity index is 1.27. The number of rotatable bonds is 6. The summed E-state index contributed by atoms with van der Waals surface area (Å²) in [5.74, 6) is 0.799. The smallest absolute Gasteiger partial charge is 0.227 e. The SMILES string of the molecule is O=C(NCC1CN(C(=O)Cc2cccc(Cl)c2)CC12CN(c1ccccc1)C2)C1CC1. The van der Waals surface area contributed by atoms with E-state index in [1.54, 1.807) is 0 Å². The summed E-state index contributed by atoms with van der Waals surface area (Å²) in [5.41, 5.74) is 2.20. The average molecular weight is 438 g/mol. The molecule has 6 heteroatoms. The summed E-state index contributed by atoms with van der Waals surface area (Å²) in [6.45, 7) is 3.94. The summed E-state index contributed by atoms with van der Waals surface area (Å²) < 4.78 is 0. The lowest BCUT2D eigenvalue weighted by molar-refractivity contribution is -0.130. The summed E-state index contributed by atoms with van der Waals surface area (Å²) in [6, 6.07) is 17.9. The molecule has 0 radical (unpaired) electrons. The largest absolute Gasteiger partial charge is 0.370 e. The second kappa shape index (κ2) is 8.19. The predicted molar refractivity (Wildman–Crippen MR) is 122 cm³/mol. The predicted octanol–water partition coefficient (Wildman–Crippen LogP) is 3.37. The van der Waals surface area contributed by atoms with Crippen molar-refractivity contribution in [3.8, 4) is 0 Å². The van der Waals surface area contributed by atoms with Crippen LogP contribution in [-0.2, 0) is 16.0 Å². The van der Waals surface area contributed by atoms with Gasteiger partial charge in [0.15, 0.2) is 0 Å². The first-order valence-corrected chi connectivity index (χ1v) is 11.5. The highest BCUT2D eigenvalue weighted by Gasteiger charge is 2.55. The Hall–Kier alpha value is -2.53. The summed E-state index contributed by atoms with van der Waals surface area (Å²) >= 11 is 6.09.